The molecule has 0 N–H and O–H groups in total. The predicted octanol–water partition coefficient (Wildman–Crippen LogP) is 2.73. The van der Waals surface area contributed by atoms with Crippen LogP contribution in [0, 0.1) is 11.3 Å². The minimum Gasteiger partial charge on any atom is -0.362 e. The molecular weight excluding hydrogens is 244 g/mol. The fourth-order valence-electron chi connectivity index (χ4n) is 2.37. The average molecular weight is 256 g/mol. The van der Waals surface area contributed by atoms with Crippen molar-refractivity contribution in [1.29, 1.82) is 5.26 Å². The smallest absolute Gasteiger partial charge is 0.207 e. The van der Waals surface area contributed by atoms with Crippen LogP contribution in [0.5, 0.6) is 0 Å². The summed E-state index contributed by atoms with van der Waals surface area (Å²) in [6.07, 6.45) is 2.28. The summed E-state index contributed by atoms with van der Waals surface area (Å²) in [7, 11) is 0. The average Bonchev–Trinajstić information content (AvgIpc) is 2.92. The summed E-state index contributed by atoms with van der Waals surface area (Å²) in [6, 6.07) is 9.60. The number of fused-ring (bicyclic) bond motifs is 1. The van der Waals surface area contributed by atoms with Crippen molar-refractivity contribution in [2.24, 2.45) is 0 Å². The van der Waals surface area contributed by atoms with Gasteiger partial charge in [-0.3, -0.25) is 4.79 Å². The standard InChI is InChI=1S/C14H12N2OS/c15-9-11-13(17)10-5-1-2-6-12(10)18-14(11)16-7-3-4-8-16/h1-2,5-6H,3-4,7-8H2. The van der Waals surface area contributed by atoms with Crippen LogP contribution in [0.3, 0.4) is 0 Å². The van der Waals surface area contributed by atoms with Gasteiger partial charge in [-0.15, -0.1) is 11.3 Å². The summed E-state index contributed by atoms with van der Waals surface area (Å²) in [5, 5.41) is 10.7. The third-order valence-electron chi connectivity index (χ3n) is 3.28. The topological polar surface area (TPSA) is 44.1 Å². The molecular formula is C14H12N2OS. The van der Waals surface area contributed by atoms with Gasteiger partial charge >= 0.3 is 0 Å². The highest BCUT2D eigenvalue weighted by atomic mass is 32.1. The molecule has 3 rings (SSSR count). The molecule has 1 aromatic heterocycles. The van der Waals surface area contributed by atoms with Crippen molar-refractivity contribution in [3.05, 3.63) is 40.1 Å². The van der Waals surface area contributed by atoms with Gasteiger partial charge in [0.2, 0.25) is 5.43 Å². The first-order valence-electron chi connectivity index (χ1n) is 6.02. The summed E-state index contributed by atoms with van der Waals surface area (Å²) in [5.41, 5.74) is 0.175. The van der Waals surface area contributed by atoms with Crippen molar-refractivity contribution in [3.63, 3.8) is 0 Å². The number of nitrogens with zero attached hydrogens (tertiary/aromatic N) is 2. The van der Waals surface area contributed by atoms with E-state index in [4.69, 9.17) is 0 Å². The Labute approximate surface area is 109 Å². The minimum absolute atomic E-state index is 0.131. The van der Waals surface area contributed by atoms with Crippen LogP contribution in [-0.2, 0) is 0 Å². The molecule has 0 aliphatic carbocycles. The van der Waals surface area contributed by atoms with Crippen molar-refractivity contribution in [1.82, 2.24) is 0 Å². The van der Waals surface area contributed by atoms with E-state index >= 15 is 0 Å². The summed E-state index contributed by atoms with van der Waals surface area (Å²) in [4.78, 5) is 14.5. The number of hydrogen-bond donors (Lipinski definition) is 0. The molecule has 0 spiro atoms. The number of rotatable bonds is 1. The molecule has 0 bridgehead atoms. The molecule has 0 radical (unpaired) electrons. The lowest BCUT2D eigenvalue weighted by Crippen LogP contribution is -2.21. The molecule has 0 saturated carbocycles. The summed E-state index contributed by atoms with van der Waals surface area (Å²) < 4.78 is 0.961. The summed E-state index contributed by atoms with van der Waals surface area (Å²) in [5.74, 6) is 0. The zero-order valence-electron chi connectivity index (χ0n) is 9.85. The van der Waals surface area contributed by atoms with Gasteiger partial charge in [0.05, 0.1) is 0 Å². The number of hydrogen-bond acceptors (Lipinski definition) is 4. The lowest BCUT2D eigenvalue weighted by Gasteiger charge is -2.18. The van der Waals surface area contributed by atoms with Gasteiger partial charge in [-0.1, -0.05) is 12.1 Å². The van der Waals surface area contributed by atoms with Gasteiger partial charge in [0.25, 0.3) is 0 Å². The molecule has 0 unspecified atom stereocenters. The third kappa shape index (κ3) is 1.68. The highest BCUT2D eigenvalue weighted by Crippen LogP contribution is 2.31. The summed E-state index contributed by atoms with van der Waals surface area (Å²) >= 11 is 1.55. The zero-order chi connectivity index (χ0) is 12.5. The van der Waals surface area contributed by atoms with Gasteiger partial charge in [0.1, 0.15) is 16.6 Å². The molecule has 1 aromatic carbocycles. The van der Waals surface area contributed by atoms with E-state index in [9.17, 15) is 10.1 Å². The van der Waals surface area contributed by atoms with Crippen LogP contribution in [0.4, 0.5) is 5.00 Å². The Morgan fingerprint density at radius 1 is 1.22 bits per heavy atom. The molecule has 1 aliphatic rings. The maximum Gasteiger partial charge on any atom is 0.207 e. The first kappa shape index (κ1) is 11.2. The molecule has 18 heavy (non-hydrogen) atoms. The van der Waals surface area contributed by atoms with Crippen molar-refractivity contribution in [3.8, 4) is 6.07 Å². The van der Waals surface area contributed by atoms with Crippen molar-refractivity contribution >= 4 is 26.4 Å². The monoisotopic (exact) mass is 256 g/mol. The zero-order valence-corrected chi connectivity index (χ0v) is 10.7. The van der Waals surface area contributed by atoms with E-state index in [1.807, 2.05) is 18.2 Å². The minimum atomic E-state index is -0.131. The van der Waals surface area contributed by atoms with E-state index in [1.54, 1.807) is 17.4 Å². The molecule has 1 fully saturated rings. The third-order valence-corrected chi connectivity index (χ3v) is 4.52. The van der Waals surface area contributed by atoms with Gasteiger partial charge in [0.15, 0.2) is 0 Å². The SMILES string of the molecule is N#Cc1c(N2CCCC2)sc2ccccc2c1=O. The van der Waals surface area contributed by atoms with E-state index in [1.165, 1.54) is 0 Å². The Morgan fingerprint density at radius 2 is 1.94 bits per heavy atom. The highest BCUT2D eigenvalue weighted by molar-refractivity contribution is 7.22. The normalized spacial score (nSPS) is 14.9. The molecule has 3 nitrogen and oxygen atoms in total. The molecule has 1 saturated heterocycles. The van der Waals surface area contributed by atoms with Crippen LogP contribution >= 0.6 is 11.3 Å². The highest BCUT2D eigenvalue weighted by Gasteiger charge is 2.20. The van der Waals surface area contributed by atoms with Crippen molar-refractivity contribution < 1.29 is 0 Å². The van der Waals surface area contributed by atoms with Crippen LogP contribution in [0.25, 0.3) is 10.1 Å². The Morgan fingerprint density at radius 3 is 2.67 bits per heavy atom. The van der Waals surface area contributed by atoms with Crippen LogP contribution in [0.15, 0.2) is 29.1 Å². The van der Waals surface area contributed by atoms with Gasteiger partial charge in [-0.25, -0.2) is 0 Å². The Balaban J connectivity index is 2.31. The maximum atomic E-state index is 12.3. The first-order chi connectivity index (χ1) is 8.81. The van der Waals surface area contributed by atoms with Crippen LogP contribution in [-0.4, -0.2) is 13.1 Å². The molecule has 4 heteroatoms. The molecule has 2 heterocycles. The van der Waals surface area contributed by atoms with Crippen molar-refractivity contribution in [2.45, 2.75) is 12.8 Å². The number of nitriles is 1. The largest absolute Gasteiger partial charge is 0.362 e. The van der Waals surface area contributed by atoms with E-state index in [0.29, 0.717) is 10.9 Å². The molecule has 2 aromatic rings. The lowest BCUT2D eigenvalue weighted by atomic mass is 10.2. The number of anilines is 1. The van der Waals surface area contributed by atoms with Crippen molar-refractivity contribution in [2.75, 3.05) is 18.0 Å². The van der Waals surface area contributed by atoms with Gasteiger partial charge in [-0.2, -0.15) is 5.26 Å². The van der Waals surface area contributed by atoms with Crippen LogP contribution in [0.2, 0.25) is 0 Å². The molecule has 0 atom stereocenters. The first-order valence-corrected chi connectivity index (χ1v) is 6.84. The van der Waals surface area contributed by atoms with E-state index in [-0.39, 0.29) is 5.43 Å². The van der Waals surface area contributed by atoms with Crippen LogP contribution in [0.1, 0.15) is 18.4 Å². The second-order valence-corrected chi connectivity index (χ2v) is 5.44. The number of benzene rings is 1. The van der Waals surface area contributed by atoms with Gasteiger partial charge < -0.3 is 4.90 Å². The molecule has 90 valence electrons. The van der Waals surface area contributed by atoms with Gasteiger partial charge in [0, 0.05) is 23.2 Å². The molecule has 0 amide bonds. The predicted molar refractivity (Wildman–Crippen MR) is 74.3 cm³/mol. The van der Waals surface area contributed by atoms with E-state index in [0.717, 1.165) is 35.6 Å². The van der Waals surface area contributed by atoms with E-state index < -0.39 is 0 Å². The Hall–Kier alpha value is -1.86. The quantitative estimate of drug-likeness (QED) is 0.788. The van der Waals surface area contributed by atoms with Gasteiger partial charge in [-0.05, 0) is 25.0 Å². The second kappa shape index (κ2) is 4.43. The van der Waals surface area contributed by atoms with E-state index in [2.05, 4.69) is 11.0 Å². The second-order valence-electron chi connectivity index (χ2n) is 4.41. The Kier molecular flexibility index (Phi) is 2.77. The Bertz CT molecular complexity index is 693. The maximum absolute atomic E-state index is 12.3. The lowest BCUT2D eigenvalue weighted by molar-refractivity contribution is 0.949. The molecule has 1 aliphatic heterocycles. The van der Waals surface area contributed by atoms with Crippen LogP contribution < -0.4 is 10.3 Å². The fourth-order valence-corrected chi connectivity index (χ4v) is 3.55. The summed E-state index contributed by atoms with van der Waals surface area (Å²) in [6.45, 7) is 1.89. The fraction of sp³-hybridized carbons (Fsp3) is 0.286.